The molecular weight excluding hydrogens is 312 g/mol. The number of aryl methyl sites for hydroxylation is 1. The van der Waals surface area contributed by atoms with Crippen LogP contribution in [-0.2, 0) is 0 Å². The van der Waals surface area contributed by atoms with E-state index in [9.17, 15) is 4.79 Å². The van der Waals surface area contributed by atoms with Crippen LogP contribution in [0.1, 0.15) is 15.9 Å². The van der Waals surface area contributed by atoms with Crippen LogP contribution >= 0.6 is 0 Å². The molecule has 0 saturated carbocycles. The number of amides is 1. The zero-order valence-corrected chi connectivity index (χ0v) is 13.7. The van der Waals surface area contributed by atoms with E-state index in [0.29, 0.717) is 28.2 Å². The molecule has 0 aliphatic rings. The van der Waals surface area contributed by atoms with Crippen LogP contribution in [0.25, 0.3) is 22.6 Å². The Balaban J connectivity index is 1.63. The molecule has 3 aromatic carbocycles. The van der Waals surface area contributed by atoms with Crippen molar-refractivity contribution in [2.24, 2.45) is 0 Å². The Morgan fingerprint density at radius 3 is 2.52 bits per heavy atom. The minimum absolute atomic E-state index is 0.135. The van der Waals surface area contributed by atoms with Crippen LogP contribution in [0, 0.1) is 6.92 Å². The largest absolute Gasteiger partial charge is 0.436 e. The lowest BCUT2D eigenvalue weighted by Gasteiger charge is -2.07. The Bertz CT molecular complexity index is 1050. The number of anilines is 1. The van der Waals surface area contributed by atoms with E-state index in [2.05, 4.69) is 10.3 Å². The molecule has 0 atom stereocenters. The van der Waals surface area contributed by atoms with Gasteiger partial charge in [-0.25, -0.2) is 4.98 Å². The predicted molar refractivity (Wildman–Crippen MR) is 98.6 cm³/mol. The first-order chi connectivity index (χ1) is 12.2. The van der Waals surface area contributed by atoms with Gasteiger partial charge in [0, 0.05) is 16.8 Å². The van der Waals surface area contributed by atoms with Crippen LogP contribution in [0.5, 0.6) is 0 Å². The van der Waals surface area contributed by atoms with Gasteiger partial charge in [-0.15, -0.1) is 0 Å². The summed E-state index contributed by atoms with van der Waals surface area (Å²) in [6.07, 6.45) is 0. The lowest BCUT2D eigenvalue weighted by Crippen LogP contribution is -2.13. The molecule has 0 unspecified atom stereocenters. The Kier molecular flexibility index (Phi) is 3.78. The summed E-state index contributed by atoms with van der Waals surface area (Å²) in [5.41, 5.74) is 4.61. The molecule has 0 aliphatic carbocycles. The average molecular weight is 328 g/mol. The third kappa shape index (κ3) is 3.02. The number of carbonyl (C=O) groups excluding carboxylic acids is 1. The van der Waals surface area contributed by atoms with E-state index >= 15 is 0 Å². The predicted octanol–water partition coefficient (Wildman–Crippen LogP) is 5.06. The number of nitrogens with zero attached hydrogens (tertiary/aromatic N) is 1. The minimum Gasteiger partial charge on any atom is -0.436 e. The Labute approximate surface area is 145 Å². The second-order valence-corrected chi connectivity index (χ2v) is 5.84. The highest BCUT2D eigenvalue weighted by atomic mass is 16.3. The van der Waals surface area contributed by atoms with Crippen molar-refractivity contribution in [1.82, 2.24) is 4.98 Å². The standard InChI is InChI=1S/C21H16N2O2/c1-14-7-5-6-10-17(14)20(24)22-16-11-12-19-18(13-16)23-21(25-19)15-8-3-2-4-9-15/h2-13H,1H3,(H,22,24). The van der Waals surface area contributed by atoms with Crippen molar-refractivity contribution in [3.63, 3.8) is 0 Å². The van der Waals surface area contributed by atoms with Gasteiger partial charge in [0.2, 0.25) is 5.89 Å². The molecule has 0 aliphatic heterocycles. The van der Waals surface area contributed by atoms with E-state index < -0.39 is 0 Å². The Hall–Kier alpha value is -3.40. The third-order valence-corrected chi connectivity index (χ3v) is 4.06. The van der Waals surface area contributed by atoms with Gasteiger partial charge in [-0.2, -0.15) is 0 Å². The second-order valence-electron chi connectivity index (χ2n) is 5.84. The zero-order valence-electron chi connectivity index (χ0n) is 13.7. The number of benzene rings is 3. The molecule has 122 valence electrons. The SMILES string of the molecule is Cc1ccccc1C(=O)Nc1ccc2oc(-c3ccccc3)nc2c1. The van der Waals surface area contributed by atoms with E-state index in [1.165, 1.54) is 0 Å². The van der Waals surface area contributed by atoms with Crippen molar-refractivity contribution in [2.45, 2.75) is 6.92 Å². The highest BCUT2D eigenvalue weighted by molar-refractivity contribution is 6.05. The summed E-state index contributed by atoms with van der Waals surface area (Å²) >= 11 is 0. The molecule has 1 heterocycles. The number of carbonyl (C=O) groups is 1. The smallest absolute Gasteiger partial charge is 0.255 e. The maximum absolute atomic E-state index is 12.4. The molecule has 0 radical (unpaired) electrons. The molecule has 4 nitrogen and oxygen atoms in total. The van der Waals surface area contributed by atoms with E-state index in [-0.39, 0.29) is 5.91 Å². The molecular formula is C21H16N2O2. The first kappa shape index (κ1) is 15.1. The molecule has 0 spiro atoms. The van der Waals surface area contributed by atoms with Gasteiger partial charge >= 0.3 is 0 Å². The van der Waals surface area contributed by atoms with E-state index in [0.717, 1.165) is 11.1 Å². The van der Waals surface area contributed by atoms with Gasteiger partial charge in [-0.05, 0) is 48.9 Å². The summed E-state index contributed by atoms with van der Waals surface area (Å²) in [4.78, 5) is 17.0. The van der Waals surface area contributed by atoms with Crippen LogP contribution in [0.4, 0.5) is 5.69 Å². The third-order valence-electron chi connectivity index (χ3n) is 4.06. The van der Waals surface area contributed by atoms with Crippen molar-refractivity contribution in [2.75, 3.05) is 5.32 Å². The first-order valence-corrected chi connectivity index (χ1v) is 8.04. The van der Waals surface area contributed by atoms with Crippen LogP contribution < -0.4 is 5.32 Å². The van der Waals surface area contributed by atoms with Crippen molar-refractivity contribution in [3.05, 3.63) is 83.9 Å². The highest BCUT2D eigenvalue weighted by Crippen LogP contribution is 2.26. The summed E-state index contributed by atoms with van der Waals surface area (Å²) in [6, 6.07) is 22.7. The first-order valence-electron chi connectivity index (χ1n) is 8.04. The average Bonchev–Trinajstić information content (AvgIpc) is 3.06. The normalized spacial score (nSPS) is 10.8. The topological polar surface area (TPSA) is 55.1 Å². The van der Waals surface area contributed by atoms with Gasteiger partial charge in [0.1, 0.15) is 5.52 Å². The molecule has 1 amide bonds. The van der Waals surface area contributed by atoms with Gasteiger partial charge in [-0.1, -0.05) is 36.4 Å². The number of fused-ring (bicyclic) bond motifs is 1. The molecule has 4 rings (SSSR count). The number of hydrogen-bond acceptors (Lipinski definition) is 3. The quantitative estimate of drug-likeness (QED) is 0.572. The fraction of sp³-hybridized carbons (Fsp3) is 0.0476. The molecule has 25 heavy (non-hydrogen) atoms. The molecule has 0 saturated heterocycles. The molecule has 0 bridgehead atoms. The second kappa shape index (κ2) is 6.24. The number of hydrogen-bond donors (Lipinski definition) is 1. The highest BCUT2D eigenvalue weighted by Gasteiger charge is 2.11. The molecule has 0 fully saturated rings. The number of oxazole rings is 1. The molecule has 1 N–H and O–H groups in total. The fourth-order valence-corrected chi connectivity index (χ4v) is 2.74. The van der Waals surface area contributed by atoms with Crippen LogP contribution in [0.2, 0.25) is 0 Å². The van der Waals surface area contributed by atoms with Crippen molar-refractivity contribution < 1.29 is 9.21 Å². The van der Waals surface area contributed by atoms with Gasteiger partial charge in [0.25, 0.3) is 5.91 Å². The van der Waals surface area contributed by atoms with Crippen molar-refractivity contribution >= 4 is 22.7 Å². The minimum atomic E-state index is -0.135. The maximum Gasteiger partial charge on any atom is 0.255 e. The summed E-state index contributed by atoms with van der Waals surface area (Å²) in [7, 11) is 0. The summed E-state index contributed by atoms with van der Waals surface area (Å²) in [5.74, 6) is 0.433. The monoisotopic (exact) mass is 328 g/mol. The number of rotatable bonds is 3. The summed E-state index contributed by atoms with van der Waals surface area (Å²) in [5, 5.41) is 2.92. The lowest BCUT2D eigenvalue weighted by atomic mass is 10.1. The summed E-state index contributed by atoms with van der Waals surface area (Å²) < 4.78 is 5.79. The van der Waals surface area contributed by atoms with Crippen LogP contribution in [0.3, 0.4) is 0 Å². The summed E-state index contributed by atoms with van der Waals surface area (Å²) in [6.45, 7) is 1.92. The van der Waals surface area contributed by atoms with E-state index in [1.54, 1.807) is 0 Å². The van der Waals surface area contributed by atoms with Crippen LogP contribution in [-0.4, -0.2) is 10.9 Å². The van der Waals surface area contributed by atoms with E-state index in [1.807, 2.05) is 79.7 Å². The van der Waals surface area contributed by atoms with E-state index in [4.69, 9.17) is 4.42 Å². The molecule has 1 aromatic heterocycles. The van der Waals surface area contributed by atoms with Crippen LogP contribution in [0.15, 0.2) is 77.2 Å². The fourth-order valence-electron chi connectivity index (χ4n) is 2.74. The van der Waals surface area contributed by atoms with Gasteiger partial charge < -0.3 is 9.73 Å². The molecule has 4 aromatic rings. The van der Waals surface area contributed by atoms with Gasteiger partial charge in [0.05, 0.1) is 0 Å². The van der Waals surface area contributed by atoms with Crippen molar-refractivity contribution in [1.29, 1.82) is 0 Å². The maximum atomic E-state index is 12.4. The van der Waals surface area contributed by atoms with Crippen molar-refractivity contribution in [3.8, 4) is 11.5 Å². The van der Waals surface area contributed by atoms with Gasteiger partial charge in [-0.3, -0.25) is 4.79 Å². The Morgan fingerprint density at radius 1 is 0.960 bits per heavy atom. The Morgan fingerprint density at radius 2 is 1.72 bits per heavy atom. The number of aromatic nitrogens is 1. The lowest BCUT2D eigenvalue weighted by molar-refractivity contribution is 0.102. The molecule has 4 heteroatoms. The number of nitrogens with one attached hydrogen (secondary N) is 1. The zero-order chi connectivity index (χ0) is 17.2. The van der Waals surface area contributed by atoms with Gasteiger partial charge in [0.15, 0.2) is 5.58 Å².